The van der Waals surface area contributed by atoms with Gasteiger partial charge in [0.05, 0.1) is 7.11 Å². The SMILES string of the molecule is CCN(CCc1cccc(Cl)c1)C(=O)OC. The summed E-state index contributed by atoms with van der Waals surface area (Å²) in [5.41, 5.74) is 1.12. The van der Waals surface area contributed by atoms with Crippen LogP contribution in [0, 0.1) is 0 Å². The highest BCUT2D eigenvalue weighted by atomic mass is 35.5. The zero-order chi connectivity index (χ0) is 12.0. The van der Waals surface area contributed by atoms with Crippen molar-refractivity contribution in [3.8, 4) is 0 Å². The molecule has 0 aliphatic heterocycles. The maximum atomic E-state index is 11.3. The van der Waals surface area contributed by atoms with Crippen LogP contribution in [0.15, 0.2) is 24.3 Å². The average Bonchev–Trinajstić information content (AvgIpc) is 2.29. The van der Waals surface area contributed by atoms with Gasteiger partial charge >= 0.3 is 6.09 Å². The number of hydrogen-bond donors (Lipinski definition) is 0. The van der Waals surface area contributed by atoms with Crippen LogP contribution >= 0.6 is 11.6 Å². The van der Waals surface area contributed by atoms with E-state index in [0.717, 1.165) is 17.0 Å². The molecule has 4 heteroatoms. The lowest BCUT2D eigenvalue weighted by Crippen LogP contribution is -2.32. The summed E-state index contributed by atoms with van der Waals surface area (Å²) in [4.78, 5) is 13.0. The van der Waals surface area contributed by atoms with Crippen LogP contribution in [0.25, 0.3) is 0 Å². The summed E-state index contributed by atoms with van der Waals surface area (Å²) < 4.78 is 4.68. The second kappa shape index (κ2) is 6.38. The van der Waals surface area contributed by atoms with Crippen molar-refractivity contribution in [1.82, 2.24) is 4.90 Å². The van der Waals surface area contributed by atoms with Crippen molar-refractivity contribution in [2.24, 2.45) is 0 Å². The molecule has 1 amide bonds. The van der Waals surface area contributed by atoms with Crippen molar-refractivity contribution in [3.63, 3.8) is 0 Å². The number of nitrogens with zero attached hydrogens (tertiary/aromatic N) is 1. The van der Waals surface area contributed by atoms with Gasteiger partial charge in [0.2, 0.25) is 0 Å². The van der Waals surface area contributed by atoms with Crippen LogP contribution in [0.1, 0.15) is 12.5 Å². The van der Waals surface area contributed by atoms with Gasteiger partial charge in [0, 0.05) is 18.1 Å². The smallest absolute Gasteiger partial charge is 0.409 e. The van der Waals surface area contributed by atoms with E-state index in [1.54, 1.807) is 4.90 Å². The molecule has 1 aromatic carbocycles. The third kappa shape index (κ3) is 3.74. The van der Waals surface area contributed by atoms with E-state index in [-0.39, 0.29) is 6.09 Å². The van der Waals surface area contributed by atoms with Gasteiger partial charge in [0.1, 0.15) is 0 Å². The van der Waals surface area contributed by atoms with Crippen molar-refractivity contribution in [1.29, 1.82) is 0 Å². The number of carbonyl (C=O) groups excluding carboxylic acids is 1. The van der Waals surface area contributed by atoms with Gasteiger partial charge in [-0.3, -0.25) is 0 Å². The molecule has 3 nitrogen and oxygen atoms in total. The van der Waals surface area contributed by atoms with E-state index in [1.807, 2.05) is 31.2 Å². The Kier molecular flexibility index (Phi) is 5.12. The second-order valence-corrected chi connectivity index (χ2v) is 3.87. The van der Waals surface area contributed by atoms with E-state index in [0.29, 0.717) is 13.1 Å². The van der Waals surface area contributed by atoms with E-state index in [9.17, 15) is 4.79 Å². The number of ether oxygens (including phenoxy) is 1. The quantitative estimate of drug-likeness (QED) is 0.811. The highest BCUT2D eigenvalue weighted by Crippen LogP contribution is 2.11. The highest BCUT2D eigenvalue weighted by molar-refractivity contribution is 6.30. The number of likely N-dealkylation sites (N-methyl/N-ethyl adjacent to an activating group) is 1. The van der Waals surface area contributed by atoms with Crippen LogP contribution < -0.4 is 0 Å². The lowest BCUT2D eigenvalue weighted by atomic mass is 10.1. The van der Waals surface area contributed by atoms with Crippen molar-refractivity contribution >= 4 is 17.7 Å². The summed E-state index contributed by atoms with van der Waals surface area (Å²) in [6.07, 6.45) is 0.494. The number of hydrogen-bond acceptors (Lipinski definition) is 2. The van der Waals surface area contributed by atoms with E-state index >= 15 is 0 Å². The molecule has 0 aliphatic rings. The first-order valence-corrected chi connectivity index (χ1v) is 5.62. The zero-order valence-electron chi connectivity index (χ0n) is 9.57. The molecule has 1 aromatic rings. The monoisotopic (exact) mass is 241 g/mol. The molecular formula is C12H16ClNO2. The normalized spacial score (nSPS) is 9.94. The van der Waals surface area contributed by atoms with E-state index < -0.39 is 0 Å². The minimum absolute atomic E-state index is 0.287. The van der Waals surface area contributed by atoms with Gasteiger partial charge in [0.25, 0.3) is 0 Å². The Bertz CT molecular complexity index is 355. The number of amides is 1. The minimum atomic E-state index is -0.287. The topological polar surface area (TPSA) is 29.5 Å². The Morgan fingerprint density at radius 2 is 2.25 bits per heavy atom. The lowest BCUT2D eigenvalue weighted by molar-refractivity contribution is 0.126. The molecule has 0 unspecified atom stereocenters. The number of carbonyl (C=O) groups is 1. The van der Waals surface area contributed by atoms with E-state index in [1.165, 1.54) is 7.11 Å². The molecule has 0 fully saturated rings. The van der Waals surface area contributed by atoms with Crippen LogP contribution in [-0.4, -0.2) is 31.2 Å². The molecule has 16 heavy (non-hydrogen) atoms. The molecule has 0 radical (unpaired) electrons. The molecule has 0 spiro atoms. The molecule has 0 saturated heterocycles. The van der Waals surface area contributed by atoms with Crippen LogP contribution in [-0.2, 0) is 11.2 Å². The summed E-state index contributed by atoms with van der Waals surface area (Å²) in [6.45, 7) is 3.21. The first kappa shape index (κ1) is 12.8. The number of benzene rings is 1. The summed E-state index contributed by atoms with van der Waals surface area (Å²) in [6, 6.07) is 7.65. The fourth-order valence-corrected chi connectivity index (χ4v) is 1.68. The lowest BCUT2D eigenvalue weighted by Gasteiger charge is -2.18. The Labute approximate surface area is 101 Å². The maximum absolute atomic E-state index is 11.3. The molecule has 88 valence electrons. The Balaban J connectivity index is 2.52. The van der Waals surface area contributed by atoms with Gasteiger partial charge in [-0.25, -0.2) is 4.79 Å². The molecule has 0 saturated carbocycles. The molecule has 0 bridgehead atoms. The Morgan fingerprint density at radius 3 is 2.81 bits per heavy atom. The van der Waals surface area contributed by atoms with Gasteiger partial charge in [-0.2, -0.15) is 0 Å². The third-order valence-electron chi connectivity index (χ3n) is 2.37. The summed E-state index contributed by atoms with van der Waals surface area (Å²) in [5, 5.41) is 0.721. The summed E-state index contributed by atoms with van der Waals surface area (Å²) in [7, 11) is 1.39. The maximum Gasteiger partial charge on any atom is 0.409 e. The summed E-state index contributed by atoms with van der Waals surface area (Å²) >= 11 is 5.88. The molecule has 0 heterocycles. The number of rotatable bonds is 4. The van der Waals surface area contributed by atoms with Crippen molar-refractivity contribution < 1.29 is 9.53 Å². The Hall–Kier alpha value is -1.22. The first-order chi connectivity index (χ1) is 7.67. The first-order valence-electron chi connectivity index (χ1n) is 5.24. The minimum Gasteiger partial charge on any atom is -0.453 e. The van der Waals surface area contributed by atoms with Gasteiger partial charge in [-0.1, -0.05) is 23.7 Å². The van der Waals surface area contributed by atoms with Crippen molar-refractivity contribution in [2.75, 3.05) is 20.2 Å². The van der Waals surface area contributed by atoms with Gasteiger partial charge in [0.15, 0.2) is 0 Å². The van der Waals surface area contributed by atoms with Crippen LogP contribution in [0.3, 0.4) is 0 Å². The van der Waals surface area contributed by atoms with Crippen LogP contribution in [0.4, 0.5) is 4.79 Å². The molecule has 0 aromatic heterocycles. The van der Waals surface area contributed by atoms with E-state index in [2.05, 4.69) is 4.74 Å². The third-order valence-corrected chi connectivity index (χ3v) is 2.61. The van der Waals surface area contributed by atoms with Crippen LogP contribution in [0.5, 0.6) is 0 Å². The fourth-order valence-electron chi connectivity index (χ4n) is 1.46. The zero-order valence-corrected chi connectivity index (χ0v) is 10.3. The highest BCUT2D eigenvalue weighted by Gasteiger charge is 2.10. The van der Waals surface area contributed by atoms with Crippen molar-refractivity contribution in [2.45, 2.75) is 13.3 Å². The van der Waals surface area contributed by atoms with Gasteiger partial charge in [-0.05, 0) is 31.0 Å². The predicted octanol–water partition coefficient (Wildman–Crippen LogP) is 2.97. The molecule has 0 atom stereocenters. The second-order valence-electron chi connectivity index (χ2n) is 3.43. The van der Waals surface area contributed by atoms with Crippen molar-refractivity contribution in [3.05, 3.63) is 34.9 Å². The molecule has 0 N–H and O–H groups in total. The number of halogens is 1. The fraction of sp³-hybridized carbons (Fsp3) is 0.417. The molecule has 0 aliphatic carbocycles. The van der Waals surface area contributed by atoms with E-state index in [4.69, 9.17) is 11.6 Å². The number of methoxy groups -OCH3 is 1. The molecular weight excluding hydrogens is 226 g/mol. The Morgan fingerprint density at radius 1 is 1.50 bits per heavy atom. The van der Waals surface area contributed by atoms with Gasteiger partial charge < -0.3 is 9.64 Å². The standard InChI is InChI=1S/C12H16ClNO2/c1-3-14(12(15)16-2)8-7-10-5-4-6-11(13)9-10/h4-6,9H,3,7-8H2,1-2H3. The predicted molar refractivity (Wildman–Crippen MR) is 64.8 cm³/mol. The van der Waals surface area contributed by atoms with Gasteiger partial charge in [-0.15, -0.1) is 0 Å². The summed E-state index contributed by atoms with van der Waals surface area (Å²) in [5.74, 6) is 0. The largest absolute Gasteiger partial charge is 0.453 e. The van der Waals surface area contributed by atoms with Crippen LogP contribution in [0.2, 0.25) is 5.02 Å². The molecule has 1 rings (SSSR count). The average molecular weight is 242 g/mol.